The SMILES string of the molecule is O=C(CC1CCCCC1)N1CCCC(Oc2cccnn2)C1. The highest BCUT2D eigenvalue weighted by molar-refractivity contribution is 5.76. The first kappa shape index (κ1) is 15.3. The van der Waals surface area contributed by atoms with Gasteiger partial charge in [0, 0.05) is 25.2 Å². The number of piperidine rings is 1. The van der Waals surface area contributed by atoms with Crippen molar-refractivity contribution in [2.45, 2.75) is 57.5 Å². The summed E-state index contributed by atoms with van der Waals surface area (Å²) < 4.78 is 5.86. The van der Waals surface area contributed by atoms with Crippen LogP contribution in [0.15, 0.2) is 18.3 Å². The van der Waals surface area contributed by atoms with E-state index >= 15 is 0 Å². The summed E-state index contributed by atoms with van der Waals surface area (Å²) in [5, 5.41) is 7.79. The minimum Gasteiger partial charge on any atom is -0.471 e. The Morgan fingerprint density at radius 1 is 1.23 bits per heavy atom. The van der Waals surface area contributed by atoms with Gasteiger partial charge in [-0.25, -0.2) is 0 Å². The van der Waals surface area contributed by atoms with Gasteiger partial charge in [-0.2, -0.15) is 5.10 Å². The van der Waals surface area contributed by atoms with Crippen LogP contribution >= 0.6 is 0 Å². The second-order valence-electron chi connectivity index (χ2n) is 6.49. The predicted molar refractivity (Wildman–Crippen MR) is 83.5 cm³/mol. The van der Waals surface area contributed by atoms with E-state index in [4.69, 9.17) is 4.74 Å². The molecule has 2 aliphatic rings. The molecule has 1 saturated heterocycles. The number of ether oxygens (including phenoxy) is 1. The summed E-state index contributed by atoms with van der Waals surface area (Å²) in [5.41, 5.74) is 0. The highest BCUT2D eigenvalue weighted by atomic mass is 16.5. The van der Waals surface area contributed by atoms with Gasteiger partial charge in [0.15, 0.2) is 0 Å². The summed E-state index contributed by atoms with van der Waals surface area (Å²) in [5.74, 6) is 1.45. The highest BCUT2D eigenvalue weighted by Gasteiger charge is 2.27. The molecule has 120 valence electrons. The largest absolute Gasteiger partial charge is 0.471 e. The number of nitrogens with zero attached hydrogens (tertiary/aromatic N) is 3. The standard InChI is InChI=1S/C17H25N3O2/c21-17(12-14-6-2-1-3-7-14)20-11-5-8-15(13-20)22-16-9-4-10-18-19-16/h4,9-10,14-15H,1-3,5-8,11-13H2. The van der Waals surface area contributed by atoms with Gasteiger partial charge in [0.25, 0.3) is 0 Å². The Morgan fingerprint density at radius 2 is 2.09 bits per heavy atom. The molecule has 1 amide bonds. The molecule has 0 aromatic carbocycles. The molecule has 3 rings (SSSR count). The van der Waals surface area contributed by atoms with Crippen molar-refractivity contribution in [1.82, 2.24) is 15.1 Å². The quantitative estimate of drug-likeness (QED) is 0.858. The molecule has 1 aliphatic heterocycles. The molecule has 1 saturated carbocycles. The fraction of sp³-hybridized carbons (Fsp3) is 0.706. The normalized spacial score (nSPS) is 23.3. The number of amides is 1. The van der Waals surface area contributed by atoms with Crippen molar-refractivity contribution in [3.8, 4) is 5.88 Å². The van der Waals surface area contributed by atoms with Crippen molar-refractivity contribution in [2.24, 2.45) is 5.92 Å². The third-order valence-electron chi connectivity index (χ3n) is 4.75. The molecular weight excluding hydrogens is 278 g/mol. The van der Waals surface area contributed by atoms with Crippen LogP contribution in [0.3, 0.4) is 0 Å². The fourth-order valence-electron chi connectivity index (χ4n) is 3.55. The molecule has 5 nitrogen and oxygen atoms in total. The second kappa shape index (κ2) is 7.56. The van der Waals surface area contributed by atoms with E-state index in [1.807, 2.05) is 17.0 Å². The Morgan fingerprint density at radius 3 is 2.86 bits per heavy atom. The fourth-order valence-corrected chi connectivity index (χ4v) is 3.55. The lowest BCUT2D eigenvalue weighted by molar-refractivity contribution is -0.135. The number of carbonyl (C=O) groups is 1. The van der Waals surface area contributed by atoms with E-state index in [0.29, 0.717) is 24.2 Å². The first-order valence-corrected chi connectivity index (χ1v) is 8.53. The van der Waals surface area contributed by atoms with Crippen molar-refractivity contribution in [2.75, 3.05) is 13.1 Å². The van der Waals surface area contributed by atoms with Gasteiger partial charge in [-0.15, -0.1) is 5.10 Å². The maximum absolute atomic E-state index is 12.5. The molecule has 0 N–H and O–H groups in total. The minimum atomic E-state index is 0.0424. The number of carbonyl (C=O) groups excluding carboxylic acids is 1. The van der Waals surface area contributed by atoms with E-state index in [-0.39, 0.29) is 6.10 Å². The highest BCUT2D eigenvalue weighted by Crippen LogP contribution is 2.27. The monoisotopic (exact) mass is 303 g/mol. The Balaban J connectivity index is 1.50. The molecule has 1 aliphatic carbocycles. The van der Waals surface area contributed by atoms with Crippen LogP contribution in [0.1, 0.15) is 51.4 Å². The summed E-state index contributed by atoms with van der Waals surface area (Å²) in [7, 11) is 0. The summed E-state index contributed by atoms with van der Waals surface area (Å²) in [4.78, 5) is 14.5. The molecule has 5 heteroatoms. The van der Waals surface area contributed by atoms with Gasteiger partial charge in [0.2, 0.25) is 11.8 Å². The molecule has 2 heterocycles. The van der Waals surface area contributed by atoms with Crippen LogP contribution in [0.25, 0.3) is 0 Å². The summed E-state index contributed by atoms with van der Waals surface area (Å²) in [6.45, 7) is 1.55. The van der Waals surface area contributed by atoms with Crippen molar-refractivity contribution in [3.05, 3.63) is 18.3 Å². The minimum absolute atomic E-state index is 0.0424. The zero-order valence-corrected chi connectivity index (χ0v) is 13.1. The van der Waals surface area contributed by atoms with Gasteiger partial charge >= 0.3 is 0 Å². The zero-order valence-electron chi connectivity index (χ0n) is 13.1. The maximum atomic E-state index is 12.5. The molecular formula is C17H25N3O2. The van der Waals surface area contributed by atoms with Crippen LogP contribution < -0.4 is 4.74 Å². The molecule has 1 aromatic heterocycles. The number of aromatic nitrogens is 2. The van der Waals surface area contributed by atoms with E-state index in [1.165, 1.54) is 32.1 Å². The van der Waals surface area contributed by atoms with Gasteiger partial charge in [0.1, 0.15) is 6.10 Å². The van der Waals surface area contributed by atoms with Gasteiger partial charge in [0.05, 0.1) is 6.54 Å². The lowest BCUT2D eigenvalue weighted by atomic mass is 9.86. The van der Waals surface area contributed by atoms with Gasteiger partial charge in [-0.05, 0) is 37.7 Å². The smallest absolute Gasteiger partial charge is 0.233 e. The van der Waals surface area contributed by atoms with Crippen LogP contribution in [0.2, 0.25) is 0 Å². The van der Waals surface area contributed by atoms with Crippen molar-refractivity contribution < 1.29 is 9.53 Å². The molecule has 1 unspecified atom stereocenters. The number of likely N-dealkylation sites (tertiary alicyclic amines) is 1. The number of hydrogen-bond acceptors (Lipinski definition) is 4. The average molecular weight is 303 g/mol. The topological polar surface area (TPSA) is 55.3 Å². The van der Waals surface area contributed by atoms with Crippen molar-refractivity contribution in [3.63, 3.8) is 0 Å². The molecule has 0 spiro atoms. The third-order valence-corrected chi connectivity index (χ3v) is 4.75. The number of hydrogen-bond donors (Lipinski definition) is 0. The molecule has 0 radical (unpaired) electrons. The molecule has 0 bridgehead atoms. The van der Waals surface area contributed by atoms with E-state index < -0.39 is 0 Å². The van der Waals surface area contributed by atoms with E-state index in [9.17, 15) is 4.79 Å². The van der Waals surface area contributed by atoms with Crippen molar-refractivity contribution >= 4 is 5.91 Å². The first-order valence-electron chi connectivity index (χ1n) is 8.53. The van der Waals surface area contributed by atoms with Gasteiger partial charge < -0.3 is 9.64 Å². The van der Waals surface area contributed by atoms with Crippen LogP contribution in [-0.2, 0) is 4.79 Å². The van der Waals surface area contributed by atoms with Crippen LogP contribution in [0, 0.1) is 5.92 Å². The molecule has 1 atom stereocenters. The Kier molecular flexibility index (Phi) is 5.24. The maximum Gasteiger partial charge on any atom is 0.233 e. The van der Waals surface area contributed by atoms with Crippen LogP contribution in [0.4, 0.5) is 0 Å². The Labute approximate surface area is 132 Å². The summed E-state index contributed by atoms with van der Waals surface area (Å²) >= 11 is 0. The lowest BCUT2D eigenvalue weighted by Crippen LogP contribution is -2.45. The molecule has 2 fully saturated rings. The van der Waals surface area contributed by atoms with Crippen LogP contribution in [0.5, 0.6) is 5.88 Å². The van der Waals surface area contributed by atoms with Crippen LogP contribution in [-0.4, -0.2) is 40.2 Å². The summed E-state index contributed by atoms with van der Waals surface area (Å²) in [6.07, 6.45) is 10.7. The van der Waals surface area contributed by atoms with Gasteiger partial charge in [-0.3, -0.25) is 4.79 Å². The molecule has 1 aromatic rings. The van der Waals surface area contributed by atoms with E-state index in [1.54, 1.807) is 6.20 Å². The number of rotatable bonds is 4. The van der Waals surface area contributed by atoms with E-state index in [2.05, 4.69) is 10.2 Å². The third kappa shape index (κ3) is 4.18. The Hall–Kier alpha value is -1.65. The first-order chi connectivity index (χ1) is 10.8. The Bertz CT molecular complexity index is 474. The van der Waals surface area contributed by atoms with Gasteiger partial charge in [-0.1, -0.05) is 19.3 Å². The predicted octanol–water partition coefficient (Wildman–Crippen LogP) is 2.82. The lowest BCUT2D eigenvalue weighted by Gasteiger charge is -2.34. The van der Waals surface area contributed by atoms with Crippen molar-refractivity contribution in [1.29, 1.82) is 0 Å². The molecule has 22 heavy (non-hydrogen) atoms. The summed E-state index contributed by atoms with van der Waals surface area (Å²) in [6, 6.07) is 3.63. The second-order valence-corrected chi connectivity index (χ2v) is 6.49. The zero-order chi connectivity index (χ0) is 15.2. The average Bonchev–Trinajstić information content (AvgIpc) is 2.57. The van der Waals surface area contributed by atoms with E-state index in [0.717, 1.165) is 25.8 Å².